The third kappa shape index (κ3) is 3.70. The largest absolute Gasteiger partial charge is 0.469 e. The van der Waals surface area contributed by atoms with Crippen molar-refractivity contribution >= 4 is 11.9 Å². The summed E-state index contributed by atoms with van der Waals surface area (Å²) in [6.45, 7) is 2.33. The van der Waals surface area contributed by atoms with Gasteiger partial charge in [-0.25, -0.2) is 0 Å². The van der Waals surface area contributed by atoms with Crippen LogP contribution in [-0.2, 0) is 14.3 Å². The molecule has 0 radical (unpaired) electrons. The van der Waals surface area contributed by atoms with E-state index in [-0.39, 0.29) is 30.3 Å². The molecule has 0 heterocycles. The molecule has 2 N–H and O–H groups in total. The first-order valence-corrected chi connectivity index (χ1v) is 6.04. The summed E-state index contributed by atoms with van der Waals surface area (Å²) in [6.07, 6.45) is 2.23. The van der Waals surface area contributed by atoms with Gasteiger partial charge in [0, 0.05) is 19.6 Å². The Hall–Kier alpha value is -1.10. The number of carbonyl (C=O) groups is 2. The van der Waals surface area contributed by atoms with Gasteiger partial charge in [-0.1, -0.05) is 0 Å². The molecule has 1 amide bonds. The van der Waals surface area contributed by atoms with E-state index in [0.717, 1.165) is 12.8 Å². The lowest BCUT2D eigenvalue weighted by atomic mass is 9.97. The van der Waals surface area contributed by atoms with Gasteiger partial charge in [-0.2, -0.15) is 0 Å². The van der Waals surface area contributed by atoms with Gasteiger partial charge in [0.05, 0.1) is 19.4 Å². The molecule has 0 unspecified atom stereocenters. The Balaban J connectivity index is 2.63. The molecule has 1 fully saturated rings. The highest BCUT2D eigenvalue weighted by molar-refractivity contribution is 5.84. The van der Waals surface area contributed by atoms with Gasteiger partial charge in [-0.15, -0.1) is 0 Å². The minimum Gasteiger partial charge on any atom is -0.469 e. The molecular formula is C12H22N2O3. The smallest absolute Gasteiger partial charge is 0.306 e. The molecule has 2 atom stereocenters. The quantitative estimate of drug-likeness (QED) is 0.683. The van der Waals surface area contributed by atoms with Crippen LogP contribution in [0, 0.1) is 11.8 Å². The first-order chi connectivity index (χ1) is 8.01. The molecule has 1 saturated carbocycles. The summed E-state index contributed by atoms with van der Waals surface area (Å²) in [7, 11) is 3.09. The minimum atomic E-state index is -0.316. The van der Waals surface area contributed by atoms with E-state index in [1.54, 1.807) is 11.9 Å². The Morgan fingerprint density at radius 3 is 2.47 bits per heavy atom. The van der Waals surface area contributed by atoms with Crippen LogP contribution < -0.4 is 5.73 Å². The highest BCUT2D eigenvalue weighted by Gasteiger charge is 2.39. The van der Waals surface area contributed by atoms with Crippen molar-refractivity contribution in [2.24, 2.45) is 17.6 Å². The molecule has 5 nitrogen and oxygen atoms in total. The fourth-order valence-corrected chi connectivity index (χ4v) is 1.85. The Labute approximate surface area is 102 Å². The number of carbonyl (C=O) groups excluding carboxylic acids is 2. The van der Waals surface area contributed by atoms with Gasteiger partial charge >= 0.3 is 5.97 Å². The van der Waals surface area contributed by atoms with Crippen molar-refractivity contribution in [2.45, 2.75) is 32.2 Å². The fraction of sp³-hybridized carbons (Fsp3) is 0.833. The molecule has 0 aromatic rings. The number of nitrogens with zero attached hydrogens (tertiary/aromatic N) is 1. The van der Waals surface area contributed by atoms with Gasteiger partial charge in [0.25, 0.3) is 0 Å². The predicted molar refractivity (Wildman–Crippen MR) is 64.1 cm³/mol. The van der Waals surface area contributed by atoms with Crippen LogP contribution in [-0.4, -0.2) is 43.5 Å². The van der Waals surface area contributed by atoms with Crippen molar-refractivity contribution in [3.63, 3.8) is 0 Å². The topological polar surface area (TPSA) is 72.6 Å². The highest BCUT2D eigenvalue weighted by Crippen LogP contribution is 2.39. The zero-order valence-corrected chi connectivity index (χ0v) is 10.8. The molecule has 0 saturated heterocycles. The number of hydrogen-bond acceptors (Lipinski definition) is 4. The van der Waals surface area contributed by atoms with Crippen LogP contribution >= 0.6 is 0 Å². The maximum Gasteiger partial charge on any atom is 0.306 e. The second kappa shape index (κ2) is 6.00. The summed E-state index contributed by atoms with van der Waals surface area (Å²) in [4.78, 5) is 25.2. The van der Waals surface area contributed by atoms with Crippen molar-refractivity contribution in [3.8, 4) is 0 Å². The zero-order valence-electron chi connectivity index (χ0n) is 10.8. The second-order valence-corrected chi connectivity index (χ2v) is 4.76. The molecule has 0 spiro atoms. The summed E-state index contributed by atoms with van der Waals surface area (Å²) in [5.74, 6) is -0.199. The molecule has 98 valence electrons. The third-order valence-corrected chi connectivity index (χ3v) is 3.47. The average Bonchev–Trinajstić information content (AvgIpc) is 3.16. The maximum atomic E-state index is 12.2. The van der Waals surface area contributed by atoms with Crippen molar-refractivity contribution in [1.29, 1.82) is 0 Å². The number of ether oxygens (including phenoxy) is 1. The van der Waals surface area contributed by atoms with Crippen LogP contribution in [0.15, 0.2) is 0 Å². The summed E-state index contributed by atoms with van der Waals surface area (Å²) < 4.78 is 4.64. The summed E-state index contributed by atoms with van der Waals surface area (Å²) >= 11 is 0. The molecule has 0 aliphatic heterocycles. The van der Waals surface area contributed by atoms with Crippen LogP contribution in [0.3, 0.4) is 0 Å². The number of rotatable bonds is 6. The van der Waals surface area contributed by atoms with Gasteiger partial charge < -0.3 is 15.4 Å². The van der Waals surface area contributed by atoms with E-state index in [4.69, 9.17) is 5.73 Å². The average molecular weight is 242 g/mol. The number of hydrogen-bond donors (Lipinski definition) is 1. The highest BCUT2D eigenvalue weighted by atomic mass is 16.5. The van der Waals surface area contributed by atoms with Crippen LogP contribution in [0.4, 0.5) is 0 Å². The van der Waals surface area contributed by atoms with Crippen molar-refractivity contribution in [1.82, 2.24) is 4.90 Å². The Bertz CT molecular complexity index is 289. The first kappa shape index (κ1) is 14.0. The van der Waals surface area contributed by atoms with Crippen LogP contribution in [0.1, 0.15) is 26.2 Å². The first-order valence-electron chi connectivity index (χ1n) is 6.04. The molecule has 0 bridgehead atoms. The molecule has 17 heavy (non-hydrogen) atoms. The summed E-state index contributed by atoms with van der Waals surface area (Å²) in [6, 6.07) is 0.00129. The van der Waals surface area contributed by atoms with E-state index in [0.29, 0.717) is 12.5 Å². The Morgan fingerprint density at radius 2 is 2.06 bits per heavy atom. The molecule has 1 rings (SSSR count). The third-order valence-electron chi connectivity index (χ3n) is 3.47. The zero-order chi connectivity index (χ0) is 13.0. The minimum absolute atomic E-state index is 0.00129. The van der Waals surface area contributed by atoms with Gasteiger partial charge in [0.1, 0.15) is 0 Å². The number of likely N-dealkylation sites (N-methyl/N-ethyl adjacent to an activating group) is 1. The van der Waals surface area contributed by atoms with Gasteiger partial charge in [-0.05, 0) is 25.7 Å². The standard InChI is InChI=1S/C12H22N2O3/c1-8(7-13)14(2)12(16)10(9-4-5-9)6-11(15)17-3/h8-10H,4-7,13H2,1-3H3/t8-,10-/m0/s1. The Kier molecular flexibility index (Phi) is 4.93. The normalized spacial score (nSPS) is 18.4. The van der Waals surface area contributed by atoms with E-state index in [1.807, 2.05) is 6.92 Å². The van der Waals surface area contributed by atoms with Gasteiger partial charge in [-0.3, -0.25) is 9.59 Å². The number of esters is 1. The summed E-state index contributed by atoms with van der Waals surface area (Å²) in [5.41, 5.74) is 5.54. The Morgan fingerprint density at radius 1 is 1.47 bits per heavy atom. The van der Waals surface area contributed by atoms with E-state index in [1.165, 1.54) is 7.11 Å². The second-order valence-electron chi connectivity index (χ2n) is 4.76. The SMILES string of the molecule is COC(=O)C[C@H](C(=O)N(C)[C@@H](C)CN)C1CC1. The van der Waals surface area contributed by atoms with Crippen molar-refractivity contribution in [2.75, 3.05) is 20.7 Å². The van der Waals surface area contributed by atoms with E-state index in [2.05, 4.69) is 4.74 Å². The predicted octanol–water partition coefficient (Wildman–Crippen LogP) is 0.381. The molecular weight excluding hydrogens is 220 g/mol. The van der Waals surface area contributed by atoms with Crippen molar-refractivity contribution in [3.05, 3.63) is 0 Å². The van der Waals surface area contributed by atoms with Gasteiger partial charge in [0.2, 0.25) is 5.91 Å². The summed E-state index contributed by atoms with van der Waals surface area (Å²) in [5, 5.41) is 0. The number of nitrogens with two attached hydrogens (primary N) is 1. The molecule has 0 aromatic carbocycles. The molecule has 1 aliphatic rings. The van der Waals surface area contributed by atoms with E-state index >= 15 is 0 Å². The monoisotopic (exact) mass is 242 g/mol. The maximum absolute atomic E-state index is 12.2. The molecule has 0 aromatic heterocycles. The van der Waals surface area contributed by atoms with E-state index in [9.17, 15) is 9.59 Å². The van der Waals surface area contributed by atoms with Crippen LogP contribution in [0.25, 0.3) is 0 Å². The lowest BCUT2D eigenvalue weighted by molar-refractivity contribution is -0.147. The number of amides is 1. The van der Waals surface area contributed by atoms with Crippen molar-refractivity contribution < 1.29 is 14.3 Å². The lowest BCUT2D eigenvalue weighted by Gasteiger charge is -2.27. The van der Waals surface area contributed by atoms with Crippen LogP contribution in [0.5, 0.6) is 0 Å². The van der Waals surface area contributed by atoms with Crippen LogP contribution in [0.2, 0.25) is 0 Å². The lowest BCUT2D eigenvalue weighted by Crippen LogP contribution is -2.43. The molecule has 1 aliphatic carbocycles. The fourth-order valence-electron chi connectivity index (χ4n) is 1.85. The van der Waals surface area contributed by atoms with Gasteiger partial charge in [0.15, 0.2) is 0 Å². The number of methoxy groups -OCH3 is 1. The molecule has 5 heteroatoms. The van der Waals surface area contributed by atoms with E-state index < -0.39 is 0 Å².